The number of amides is 1. The fourth-order valence-electron chi connectivity index (χ4n) is 1.19. The molecule has 0 aromatic carbocycles. The summed E-state index contributed by atoms with van der Waals surface area (Å²) in [4.78, 5) is 25.0. The number of pyridine rings is 1. The molecule has 1 aromatic heterocycles. The van der Waals surface area contributed by atoms with Crippen molar-refractivity contribution in [1.29, 1.82) is 0 Å². The van der Waals surface area contributed by atoms with Gasteiger partial charge in [0.2, 0.25) is 5.91 Å². The second-order valence-electron chi connectivity index (χ2n) is 3.54. The number of nitrogens with one attached hydrogen (secondary N) is 2. The number of rotatable bonds is 5. The number of alkyl halides is 3. The van der Waals surface area contributed by atoms with Crippen molar-refractivity contribution in [3.8, 4) is 0 Å². The van der Waals surface area contributed by atoms with Crippen molar-refractivity contribution in [2.45, 2.75) is 12.6 Å². The fraction of sp³-hybridized carbons (Fsp3) is 0.182. The van der Waals surface area contributed by atoms with Crippen molar-refractivity contribution < 1.29 is 27.9 Å². The van der Waals surface area contributed by atoms with Gasteiger partial charge in [-0.15, -0.1) is 6.58 Å². The van der Waals surface area contributed by atoms with Crippen molar-refractivity contribution >= 4 is 17.7 Å². The first-order valence-electron chi connectivity index (χ1n) is 5.21. The van der Waals surface area contributed by atoms with E-state index in [9.17, 15) is 27.9 Å². The molecule has 0 saturated heterocycles. The molecule has 1 amide bonds. The van der Waals surface area contributed by atoms with E-state index in [1.807, 2.05) is 10.9 Å². The number of hydrazine groups is 1. The number of nitrogens with zero attached hydrogens (tertiary/aromatic N) is 1. The van der Waals surface area contributed by atoms with Crippen LogP contribution < -0.4 is 16.0 Å². The van der Waals surface area contributed by atoms with E-state index in [2.05, 4.69) is 11.6 Å². The van der Waals surface area contributed by atoms with Crippen LogP contribution in [0.4, 0.5) is 19.0 Å². The Morgan fingerprint density at radius 1 is 1.40 bits per heavy atom. The largest absolute Gasteiger partial charge is 0.545 e. The number of hydrogen-bond acceptors (Lipinski definition) is 5. The van der Waals surface area contributed by atoms with Crippen LogP contribution in [0.1, 0.15) is 22.5 Å². The van der Waals surface area contributed by atoms with E-state index in [0.717, 1.165) is 0 Å². The molecule has 0 spiro atoms. The minimum Gasteiger partial charge on any atom is -0.545 e. The Morgan fingerprint density at radius 3 is 2.55 bits per heavy atom. The second kappa shape index (κ2) is 6.04. The van der Waals surface area contributed by atoms with Crippen molar-refractivity contribution in [3.05, 3.63) is 36.0 Å². The lowest BCUT2D eigenvalue weighted by Gasteiger charge is -2.14. The minimum absolute atomic E-state index is 0.105. The van der Waals surface area contributed by atoms with E-state index in [0.29, 0.717) is 12.1 Å². The van der Waals surface area contributed by atoms with Crippen LogP contribution in [0, 0.1) is 0 Å². The summed E-state index contributed by atoms with van der Waals surface area (Å²) in [6.07, 6.45) is -3.59. The average Bonchev–Trinajstić information content (AvgIpc) is 2.35. The predicted molar refractivity (Wildman–Crippen MR) is 60.1 cm³/mol. The van der Waals surface area contributed by atoms with Crippen LogP contribution in [0.15, 0.2) is 24.8 Å². The smallest absolute Gasteiger partial charge is 0.433 e. The highest BCUT2D eigenvalue weighted by atomic mass is 19.4. The molecule has 1 rings (SSSR count). The summed E-state index contributed by atoms with van der Waals surface area (Å²) in [5.41, 5.74) is 2.09. The Balaban J connectivity index is 3.03. The highest BCUT2D eigenvalue weighted by Gasteiger charge is 2.33. The number of aromatic nitrogens is 1. The Bertz CT molecular complexity index is 543. The number of halogens is 3. The molecule has 0 aliphatic rings. The third-order valence-corrected chi connectivity index (χ3v) is 2.06. The molecule has 6 nitrogen and oxygen atoms in total. The van der Waals surface area contributed by atoms with Crippen molar-refractivity contribution in [3.63, 3.8) is 0 Å². The maximum Gasteiger partial charge on any atom is 0.433 e. The van der Waals surface area contributed by atoms with E-state index in [1.165, 1.54) is 6.08 Å². The minimum atomic E-state index is -4.74. The van der Waals surface area contributed by atoms with E-state index in [4.69, 9.17) is 0 Å². The zero-order valence-electron chi connectivity index (χ0n) is 9.95. The standard InChI is InChI=1S/C11H10F3N3O3/c1-2-3-8(18)16-17-9-6(10(19)20)4-5-7(15-9)11(12,13)14/h2,4-5H,1,3H2,(H,15,17)(H,16,18)(H,19,20)/p-1. The van der Waals surface area contributed by atoms with Gasteiger partial charge in [0, 0.05) is 12.0 Å². The lowest BCUT2D eigenvalue weighted by Crippen LogP contribution is -2.32. The average molecular weight is 288 g/mol. The second-order valence-corrected chi connectivity index (χ2v) is 3.54. The Morgan fingerprint density at radius 2 is 2.05 bits per heavy atom. The van der Waals surface area contributed by atoms with Gasteiger partial charge in [-0.05, 0) is 12.1 Å². The molecule has 108 valence electrons. The van der Waals surface area contributed by atoms with E-state index < -0.39 is 35.1 Å². The van der Waals surface area contributed by atoms with Crippen LogP contribution in [0.25, 0.3) is 0 Å². The Labute approximate surface area is 111 Å². The zero-order chi connectivity index (χ0) is 15.3. The van der Waals surface area contributed by atoms with E-state index >= 15 is 0 Å². The molecule has 0 saturated carbocycles. The topological polar surface area (TPSA) is 94.2 Å². The maximum atomic E-state index is 12.5. The molecule has 0 aliphatic heterocycles. The molecule has 1 heterocycles. The molecule has 20 heavy (non-hydrogen) atoms. The molecule has 1 aromatic rings. The quantitative estimate of drug-likeness (QED) is 0.607. The summed E-state index contributed by atoms with van der Waals surface area (Å²) in [5.74, 6) is -3.02. The summed E-state index contributed by atoms with van der Waals surface area (Å²) in [6.45, 7) is 3.29. The van der Waals surface area contributed by atoms with Gasteiger partial charge in [0.15, 0.2) is 5.82 Å². The molecular weight excluding hydrogens is 279 g/mol. The van der Waals surface area contributed by atoms with Gasteiger partial charge >= 0.3 is 6.18 Å². The summed E-state index contributed by atoms with van der Waals surface area (Å²) in [5, 5.41) is 10.8. The number of carbonyl (C=O) groups excluding carboxylic acids is 2. The van der Waals surface area contributed by atoms with Gasteiger partial charge in [0.05, 0.1) is 5.97 Å². The normalized spacial score (nSPS) is 10.8. The van der Waals surface area contributed by atoms with Crippen LogP contribution in [0.2, 0.25) is 0 Å². The van der Waals surface area contributed by atoms with Crippen molar-refractivity contribution in [2.75, 3.05) is 5.43 Å². The van der Waals surface area contributed by atoms with E-state index in [1.54, 1.807) is 0 Å². The maximum absolute atomic E-state index is 12.5. The zero-order valence-corrected chi connectivity index (χ0v) is 9.95. The first kappa shape index (κ1) is 15.5. The van der Waals surface area contributed by atoms with Gasteiger partial charge in [-0.2, -0.15) is 13.2 Å². The van der Waals surface area contributed by atoms with Gasteiger partial charge in [-0.3, -0.25) is 15.6 Å². The number of carboxylic acids is 1. The number of carboxylic acid groups (broad SMARTS) is 1. The van der Waals surface area contributed by atoms with Crippen LogP contribution >= 0.6 is 0 Å². The van der Waals surface area contributed by atoms with Crippen molar-refractivity contribution in [1.82, 2.24) is 10.4 Å². The SMILES string of the molecule is C=CCC(=O)NNc1nc(C(F)(F)F)ccc1C(=O)[O-]. The fourth-order valence-corrected chi connectivity index (χ4v) is 1.19. The van der Waals surface area contributed by atoms with Gasteiger partial charge in [-0.25, -0.2) is 4.98 Å². The number of anilines is 1. The third-order valence-electron chi connectivity index (χ3n) is 2.06. The van der Waals surface area contributed by atoms with Crippen LogP contribution in [-0.2, 0) is 11.0 Å². The highest BCUT2D eigenvalue weighted by molar-refractivity contribution is 5.92. The highest BCUT2D eigenvalue weighted by Crippen LogP contribution is 2.29. The number of aromatic carboxylic acids is 1. The molecular formula is C11H9F3N3O3-. The molecule has 9 heteroatoms. The summed E-state index contributed by atoms with van der Waals surface area (Å²) in [7, 11) is 0. The molecule has 0 fully saturated rings. The van der Waals surface area contributed by atoms with Gasteiger partial charge in [0.25, 0.3) is 0 Å². The van der Waals surface area contributed by atoms with Gasteiger partial charge in [0.1, 0.15) is 5.69 Å². The van der Waals surface area contributed by atoms with Crippen molar-refractivity contribution in [2.24, 2.45) is 0 Å². The first-order chi connectivity index (χ1) is 9.25. The summed E-state index contributed by atoms with van der Waals surface area (Å²) >= 11 is 0. The first-order valence-corrected chi connectivity index (χ1v) is 5.21. The monoisotopic (exact) mass is 288 g/mol. The summed E-state index contributed by atoms with van der Waals surface area (Å²) < 4.78 is 37.4. The molecule has 2 N–H and O–H groups in total. The molecule has 0 bridgehead atoms. The van der Waals surface area contributed by atoms with E-state index in [-0.39, 0.29) is 6.42 Å². The molecule has 0 atom stereocenters. The Hall–Kier alpha value is -2.58. The number of carbonyl (C=O) groups is 2. The summed E-state index contributed by atoms with van der Waals surface area (Å²) in [6, 6.07) is 1.19. The third kappa shape index (κ3) is 3.97. The lowest BCUT2D eigenvalue weighted by molar-refractivity contribution is -0.255. The molecule has 0 radical (unpaired) electrons. The van der Waals surface area contributed by atoms with Gasteiger partial charge in [-0.1, -0.05) is 6.08 Å². The molecule has 0 unspecified atom stereocenters. The Kier molecular flexibility index (Phi) is 4.68. The van der Waals surface area contributed by atoms with Crippen LogP contribution in [0.3, 0.4) is 0 Å². The van der Waals surface area contributed by atoms with Crippen LogP contribution in [-0.4, -0.2) is 16.9 Å². The number of hydrogen-bond donors (Lipinski definition) is 2. The molecule has 0 aliphatic carbocycles. The predicted octanol–water partition coefficient (Wildman–Crippen LogP) is 0.483. The van der Waals surface area contributed by atoms with Crippen LogP contribution in [0.5, 0.6) is 0 Å². The van der Waals surface area contributed by atoms with Gasteiger partial charge < -0.3 is 9.90 Å². The lowest BCUT2D eigenvalue weighted by atomic mass is 10.2.